The van der Waals surface area contributed by atoms with E-state index in [1.165, 1.54) is 6.07 Å². The molecule has 0 bridgehead atoms. The number of rotatable bonds is 2. The van der Waals surface area contributed by atoms with Gasteiger partial charge in [-0.3, -0.25) is 10.1 Å². The summed E-state index contributed by atoms with van der Waals surface area (Å²) >= 11 is 0. The van der Waals surface area contributed by atoms with Crippen molar-refractivity contribution in [1.29, 1.82) is 0 Å². The largest absolute Gasteiger partial charge is 0.507 e. The predicted molar refractivity (Wildman–Crippen MR) is 84.1 cm³/mol. The van der Waals surface area contributed by atoms with Gasteiger partial charge in [0.15, 0.2) is 11.4 Å². The van der Waals surface area contributed by atoms with Gasteiger partial charge in [-0.1, -0.05) is 5.16 Å². The number of nitrogens with zero attached hydrogens (tertiary/aromatic N) is 3. The van der Waals surface area contributed by atoms with Crippen LogP contribution >= 0.6 is 0 Å². The minimum Gasteiger partial charge on any atom is -0.507 e. The zero-order valence-electron chi connectivity index (χ0n) is 11.7. The molecule has 3 heterocycles. The number of aromatic hydroxyl groups is 1. The number of hydrogen-bond acceptors (Lipinski definition) is 7. The Kier molecular flexibility index (Phi) is 2.70. The van der Waals surface area contributed by atoms with Crippen molar-refractivity contribution in [2.24, 2.45) is 0 Å². The van der Waals surface area contributed by atoms with E-state index in [0.29, 0.717) is 33.5 Å². The van der Waals surface area contributed by atoms with Crippen molar-refractivity contribution in [3.63, 3.8) is 0 Å². The van der Waals surface area contributed by atoms with E-state index in [1.54, 1.807) is 24.7 Å². The highest BCUT2D eigenvalue weighted by Gasteiger charge is 2.20. The van der Waals surface area contributed by atoms with Crippen molar-refractivity contribution >= 4 is 22.5 Å². The van der Waals surface area contributed by atoms with Crippen molar-refractivity contribution < 1.29 is 9.63 Å². The van der Waals surface area contributed by atoms with E-state index in [-0.39, 0.29) is 11.6 Å². The Labute approximate surface area is 129 Å². The summed E-state index contributed by atoms with van der Waals surface area (Å²) in [6, 6.07) is 5.78. The molecule has 0 fully saturated rings. The fourth-order valence-corrected chi connectivity index (χ4v) is 2.46. The van der Waals surface area contributed by atoms with Crippen LogP contribution in [0.2, 0.25) is 0 Å². The van der Waals surface area contributed by atoms with Gasteiger partial charge in [0.25, 0.3) is 0 Å². The highest BCUT2D eigenvalue weighted by atomic mass is 16.5. The first kappa shape index (κ1) is 13.1. The van der Waals surface area contributed by atoms with Crippen LogP contribution in [0.15, 0.2) is 35.2 Å². The molecule has 0 unspecified atom stereocenters. The number of nitrogen functional groups attached to an aromatic ring is 2. The van der Waals surface area contributed by atoms with Crippen LogP contribution < -0.4 is 11.5 Å². The van der Waals surface area contributed by atoms with Crippen molar-refractivity contribution in [1.82, 2.24) is 20.3 Å². The zero-order chi connectivity index (χ0) is 16.0. The number of pyridine rings is 1. The van der Waals surface area contributed by atoms with Gasteiger partial charge in [0.2, 0.25) is 0 Å². The van der Waals surface area contributed by atoms with Gasteiger partial charge >= 0.3 is 0 Å². The molecule has 1 aromatic carbocycles. The number of nitrogens with two attached hydrogens (primary N) is 2. The minimum absolute atomic E-state index is 0.0216. The van der Waals surface area contributed by atoms with Crippen molar-refractivity contribution in [3.05, 3.63) is 36.8 Å². The van der Waals surface area contributed by atoms with Gasteiger partial charge in [-0.25, -0.2) is 0 Å². The molecule has 0 amide bonds. The summed E-state index contributed by atoms with van der Waals surface area (Å²) in [5.74, 6) is 0.163. The van der Waals surface area contributed by atoms with E-state index >= 15 is 0 Å². The third-order valence-corrected chi connectivity index (χ3v) is 3.54. The van der Waals surface area contributed by atoms with E-state index < -0.39 is 0 Å². The van der Waals surface area contributed by atoms with Crippen LogP contribution in [0.5, 0.6) is 5.75 Å². The third kappa shape index (κ3) is 1.96. The van der Waals surface area contributed by atoms with E-state index in [2.05, 4.69) is 26.4 Å². The first-order chi connectivity index (χ1) is 11.1. The molecular weight excluding hydrogens is 296 g/mol. The maximum Gasteiger partial charge on any atom is 0.180 e. The molecule has 8 heteroatoms. The molecule has 6 N–H and O–H groups in total. The molecule has 3 aromatic heterocycles. The summed E-state index contributed by atoms with van der Waals surface area (Å²) in [7, 11) is 0. The van der Waals surface area contributed by atoms with Gasteiger partial charge in [0, 0.05) is 46.9 Å². The molecule has 0 aliphatic rings. The van der Waals surface area contributed by atoms with Crippen molar-refractivity contribution in [3.8, 4) is 28.1 Å². The predicted octanol–water partition coefficient (Wildman–Crippen LogP) is 1.95. The molecule has 8 nitrogen and oxygen atoms in total. The Morgan fingerprint density at radius 3 is 2.83 bits per heavy atom. The molecule has 4 rings (SSSR count). The number of nitrogens with one attached hydrogen (secondary N) is 1. The molecule has 4 aromatic rings. The fraction of sp³-hybridized carbons (Fsp3) is 0. The maximum atomic E-state index is 10.1. The number of fused-ring (bicyclic) bond motifs is 1. The number of hydrogen-bond donors (Lipinski definition) is 4. The number of phenols is 1. The van der Waals surface area contributed by atoms with Crippen LogP contribution in [-0.4, -0.2) is 25.4 Å². The van der Waals surface area contributed by atoms with Gasteiger partial charge in [-0.2, -0.15) is 5.10 Å². The van der Waals surface area contributed by atoms with E-state index in [1.807, 2.05) is 0 Å². The second-order valence-electron chi connectivity index (χ2n) is 4.97. The number of aromatic amines is 1. The highest BCUT2D eigenvalue weighted by molar-refractivity contribution is 6.05. The first-order valence-corrected chi connectivity index (χ1v) is 6.68. The molecular formula is C15H11N6O2. The number of benzene rings is 1. The number of anilines is 2. The van der Waals surface area contributed by atoms with Crippen LogP contribution in [-0.2, 0) is 0 Å². The van der Waals surface area contributed by atoms with Gasteiger partial charge in [0.1, 0.15) is 5.75 Å². The fourth-order valence-electron chi connectivity index (χ4n) is 2.46. The van der Waals surface area contributed by atoms with Crippen LogP contribution in [0.25, 0.3) is 33.4 Å². The SMILES string of the molecule is Nc1[c]cc(-c2ncc(-c3cn[nH]c3)c3onc(N)c23)c(O)c1. The van der Waals surface area contributed by atoms with E-state index in [9.17, 15) is 5.11 Å². The average molecular weight is 307 g/mol. The summed E-state index contributed by atoms with van der Waals surface area (Å²) in [6.45, 7) is 0. The summed E-state index contributed by atoms with van der Waals surface area (Å²) in [5.41, 5.74) is 14.7. The lowest BCUT2D eigenvalue weighted by molar-refractivity contribution is 0.461. The van der Waals surface area contributed by atoms with Gasteiger partial charge < -0.3 is 21.1 Å². The average Bonchev–Trinajstić information content (AvgIpc) is 3.17. The van der Waals surface area contributed by atoms with Gasteiger partial charge in [-0.05, 0) is 6.07 Å². The van der Waals surface area contributed by atoms with Crippen molar-refractivity contribution in [2.45, 2.75) is 0 Å². The van der Waals surface area contributed by atoms with Gasteiger partial charge in [-0.15, -0.1) is 0 Å². The molecule has 0 saturated heterocycles. The Balaban J connectivity index is 2.03. The Bertz CT molecular complexity index is 1010. The molecule has 0 spiro atoms. The molecule has 113 valence electrons. The van der Waals surface area contributed by atoms with Gasteiger partial charge in [0.05, 0.1) is 17.3 Å². The lowest BCUT2D eigenvalue weighted by Gasteiger charge is -2.07. The molecule has 0 aliphatic carbocycles. The van der Waals surface area contributed by atoms with E-state index in [4.69, 9.17) is 16.0 Å². The third-order valence-electron chi connectivity index (χ3n) is 3.54. The summed E-state index contributed by atoms with van der Waals surface area (Å²) in [5, 5.41) is 21.1. The van der Waals surface area contributed by atoms with Crippen LogP contribution in [0.3, 0.4) is 0 Å². The van der Waals surface area contributed by atoms with E-state index in [0.717, 1.165) is 5.56 Å². The standard InChI is InChI=1S/C15H11N6O2/c16-8-1-2-9(11(22)3-8)13-12-14(23-21-15(12)17)10(6-18-13)7-4-19-20-5-7/h2-6,22H,16H2,(H2,17,21)(H,19,20). The number of phenolic OH excluding ortho intramolecular Hbond substituents is 1. The summed E-state index contributed by atoms with van der Waals surface area (Å²) in [4.78, 5) is 4.41. The topological polar surface area (TPSA) is 140 Å². The zero-order valence-corrected chi connectivity index (χ0v) is 11.7. The smallest absolute Gasteiger partial charge is 0.180 e. The van der Waals surface area contributed by atoms with Crippen LogP contribution in [0, 0.1) is 6.07 Å². The molecule has 1 radical (unpaired) electrons. The molecule has 0 aliphatic heterocycles. The maximum absolute atomic E-state index is 10.1. The van der Waals surface area contributed by atoms with Crippen LogP contribution in [0.1, 0.15) is 0 Å². The molecule has 0 saturated carbocycles. The Hall–Kier alpha value is -3.55. The molecule has 23 heavy (non-hydrogen) atoms. The quantitative estimate of drug-likeness (QED) is 0.415. The lowest BCUT2D eigenvalue weighted by atomic mass is 10.0. The lowest BCUT2D eigenvalue weighted by Crippen LogP contribution is -1.92. The normalized spacial score (nSPS) is 11.1. The highest BCUT2D eigenvalue weighted by Crippen LogP contribution is 2.39. The number of aromatic nitrogens is 4. The van der Waals surface area contributed by atoms with Crippen molar-refractivity contribution in [2.75, 3.05) is 11.5 Å². The first-order valence-electron chi connectivity index (χ1n) is 6.68. The second-order valence-corrected chi connectivity index (χ2v) is 4.97. The minimum atomic E-state index is -0.0216. The number of H-pyrrole nitrogens is 1. The summed E-state index contributed by atoms with van der Waals surface area (Å²) < 4.78 is 5.36. The Morgan fingerprint density at radius 2 is 2.09 bits per heavy atom. The Morgan fingerprint density at radius 1 is 1.22 bits per heavy atom. The summed E-state index contributed by atoms with van der Waals surface area (Å²) in [6.07, 6.45) is 4.97. The molecule has 0 atom stereocenters. The monoisotopic (exact) mass is 307 g/mol. The van der Waals surface area contributed by atoms with Crippen LogP contribution in [0.4, 0.5) is 11.5 Å². The second kappa shape index (κ2) is 4.73.